The molecule has 0 bridgehead atoms. The fourth-order valence-corrected chi connectivity index (χ4v) is 3.74. The summed E-state index contributed by atoms with van der Waals surface area (Å²) < 4.78 is 23.5. The van der Waals surface area contributed by atoms with E-state index >= 15 is 0 Å². The monoisotopic (exact) mass is 314 g/mol. The zero-order valence-electron chi connectivity index (χ0n) is 12.3. The molecule has 0 saturated heterocycles. The van der Waals surface area contributed by atoms with E-state index in [1.54, 1.807) is 0 Å². The Balaban J connectivity index is 2.24. The summed E-state index contributed by atoms with van der Waals surface area (Å²) in [5, 5.41) is 14.6. The second-order valence-electron chi connectivity index (χ2n) is 5.76. The number of aryl methyl sites for hydroxylation is 1. The number of aromatic amines is 1. The minimum absolute atomic E-state index is 0.0761. The van der Waals surface area contributed by atoms with Crippen LogP contribution in [-0.2, 0) is 16.4 Å². The third-order valence-electron chi connectivity index (χ3n) is 3.82. The highest BCUT2D eigenvalue weighted by Gasteiger charge is 2.29. The van der Waals surface area contributed by atoms with Crippen LogP contribution in [-0.4, -0.2) is 30.6 Å². The first-order valence-corrected chi connectivity index (χ1v) is 8.78. The summed E-state index contributed by atoms with van der Waals surface area (Å²) in [4.78, 5) is 12.1. The standard InChI is InChI=1S/C13H22N4O3S/c1-3-4-10-12(21(14,19)20)11(17-16-10)13(18)15-9-6-5-8(2)7-9/h8-9H,3-7H2,1-2H3,(H,15,18)(H,16,17)(H2,14,19,20). The van der Waals surface area contributed by atoms with Gasteiger partial charge in [-0.25, -0.2) is 13.6 Å². The molecule has 0 aromatic carbocycles. The van der Waals surface area contributed by atoms with Gasteiger partial charge in [-0.2, -0.15) is 5.10 Å². The number of primary sulfonamides is 1. The lowest BCUT2D eigenvalue weighted by molar-refractivity contribution is 0.0929. The van der Waals surface area contributed by atoms with Crippen molar-refractivity contribution in [2.75, 3.05) is 0 Å². The topological polar surface area (TPSA) is 118 Å². The maximum atomic E-state index is 12.3. The van der Waals surface area contributed by atoms with E-state index in [4.69, 9.17) is 5.14 Å². The first-order chi connectivity index (χ1) is 9.82. The lowest BCUT2D eigenvalue weighted by atomic mass is 10.1. The van der Waals surface area contributed by atoms with Gasteiger partial charge in [-0.05, 0) is 31.6 Å². The number of H-pyrrole nitrogens is 1. The zero-order valence-corrected chi connectivity index (χ0v) is 13.2. The number of carbonyl (C=O) groups excluding carboxylic acids is 1. The molecule has 118 valence electrons. The van der Waals surface area contributed by atoms with Crippen molar-refractivity contribution in [3.8, 4) is 0 Å². The van der Waals surface area contributed by atoms with Crippen LogP contribution in [0.15, 0.2) is 4.90 Å². The number of nitrogens with zero attached hydrogens (tertiary/aromatic N) is 1. The highest BCUT2D eigenvalue weighted by Crippen LogP contribution is 2.25. The van der Waals surface area contributed by atoms with Crippen LogP contribution in [0.1, 0.15) is 55.7 Å². The first kappa shape index (κ1) is 16.0. The molecule has 2 rings (SSSR count). The van der Waals surface area contributed by atoms with E-state index in [0.29, 0.717) is 18.0 Å². The largest absolute Gasteiger partial charge is 0.348 e. The van der Waals surface area contributed by atoms with Crippen molar-refractivity contribution in [2.24, 2.45) is 11.1 Å². The summed E-state index contributed by atoms with van der Waals surface area (Å²) >= 11 is 0. The summed E-state index contributed by atoms with van der Waals surface area (Å²) in [7, 11) is -3.99. The van der Waals surface area contributed by atoms with Crippen molar-refractivity contribution in [1.29, 1.82) is 0 Å². The molecule has 1 heterocycles. The number of carbonyl (C=O) groups is 1. The second kappa shape index (κ2) is 6.15. The van der Waals surface area contributed by atoms with Gasteiger partial charge in [0.1, 0.15) is 4.90 Å². The molecule has 0 radical (unpaired) electrons. The van der Waals surface area contributed by atoms with Crippen LogP contribution in [0.25, 0.3) is 0 Å². The summed E-state index contributed by atoms with van der Waals surface area (Å²) in [6, 6.07) is 0.0761. The van der Waals surface area contributed by atoms with Crippen LogP contribution in [0.3, 0.4) is 0 Å². The summed E-state index contributed by atoms with van der Waals surface area (Å²) in [6.45, 7) is 4.04. The van der Waals surface area contributed by atoms with E-state index in [-0.39, 0.29) is 16.6 Å². The Bertz CT molecular complexity index is 623. The first-order valence-electron chi connectivity index (χ1n) is 7.23. The number of hydrogen-bond donors (Lipinski definition) is 3. The molecule has 1 aromatic rings. The molecule has 21 heavy (non-hydrogen) atoms. The van der Waals surface area contributed by atoms with E-state index in [1.807, 2.05) is 6.92 Å². The SMILES string of the molecule is CCCc1[nH]nc(C(=O)NC2CCC(C)C2)c1S(N)(=O)=O. The molecule has 2 unspecified atom stereocenters. The smallest absolute Gasteiger partial charge is 0.273 e. The number of nitrogens with two attached hydrogens (primary N) is 1. The highest BCUT2D eigenvalue weighted by molar-refractivity contribution is 7.89. The summed E-state index contributed by atoms with van der Waals surface area (Å²) in [6.07, 6.45) is 4.08. The van der Waals surface area contributed by atoms with E-state index in [0.717, 1.165) is 25.7 Å². The Morgan fingerprint density at radius 1 is 1.48 bits per heavy atom. The molecule has 1 aromatic heterocycles. The van der Waals surface area contributed by atoms with Crippen molar-refractivity contribution in [1.82, 2.24) is 15.5 Å². The van der Waals surface area contributed by atoms with Gasteiger partial charge in [-0.1, -0.05) is 20.3 Å². The van der Waals surface area contributed by atoms with Gasteiger partial charge in [0, 0.05) is 6.04 Å². The van der Waals surface area contributed by atoms with Crippen LogP contribution >= 0.6 is 0 Å². The molecule has 1 fully saturated rings. The van der Waals surface area contributed by atoms with E-state index in [9.17, 15) is 13.2 Å². The Kier molecular flexibility index (Phi) is 4.67. The van der Waals surface area contributed by atoms with Gasteiger partial charge in [0.05, 0.1) is 5.69 Å². The van der Waals surface area contributed by atoms with E-state index < -0.39 is 15.9 Å². The Hall–Kier alpha value is -1.41. The summed E-state index contributed by atoms with van der Waals surface area (Å²) in [5.41, 5.74) is 0.269. The number of aromatic nitrogens is 2. The van der Waals surface area contributed by atoms with E-state index in [1.165, 1.54) is 0 Å². The van der Waals surface area contributed by atoms with E-state index in [2.05, 4.69) is 22.4 Å². The fourth-order valence-electron chi connectivity index (χ4n) is 2.84. The second-order valence-corrected chi connectivity index (χ2v) is 7.26. The molecule has 4 N–H and O–H groups in total. The molecular weight excluding hydrogens is 292 g/mol. The third kappa shape index (κ3) is 3.62. The highest BCUT2D eigenvalue weighted by atomic mass is 32.2. The van der Waals surface area contributed by atoms with Crippen LogP contribution in [0, 0.1) is 5.92 Å². The van der Waals surface area contributed by atoms with Gasteiger partial charge in [-0.3, -0.25) is 9.89 Å². The lowest BCUT2D eigenvalue weighted by Gasteiger charge is -2.11. The van der Waals surface area contributed by atoms with Gasteiger partial charge in [0.2, 0.25) is 10.0 Å². The number of amides is 1. The molecule has 0 spiro atoms. The number of rotatable bonds is 5. The van der Waals surface area contributed by atoms with Crippen LogP contribution in [0.4, 0.5) is 0 Å². The van der Waals surface area contributed by atoms with Gasteiger partial charge in [0.15, 0.2) is 5.69 Å². The fraction of sp³-hybridized carbons (Fsp3) is 0.692. The maximum Gasteiger partial charge on any atom is 0.273 e. The van der Waals surface area contributed by atoms with Crippen molar-refractivity contribution in [2.45, 2.75) is 56.9 Å². The van der Waals surface area contributed by atoms with Crippen LogP contribution < -0.4 is 10.5 Å². The number of sulfonamides is 1. The van der Waals surface area contributed by atoms with Gasteiger partial charge < -0.3 is 5.32 Å². The minimum Gasteiger partial charge on any atom is -0.348 e. The molecule has 1 saturated carbocycles. The average molecular weight is 314 g/mol. The number of nitrogens with one attached hydrogen (secondary N) is 2. The Labute approximate surface area is 124 Å². The average Bonchev–Trinajstić information content (AvgIpc) is 2.95. The molecule has 7 nitrogen and oxygen atoms in total. The zero-order chi connectivity index (χ0) is 15.6. The van der Waals surface area contributed by atoms with Gasteiger partial charge >= 0.3 is 0 Å². The Morgan fingerprint density at radius 3 is 2.71 bits per heavy atom. The van der Waals surface area contributed by atoms with Crippen molar-refractivity contribution < 1.29 is 13.2 Å². The lowest BCUT2D eigenvalue weighted by Crippen LogP contribution is -2.34. The van der Waals surface area contributed by atoms with Crippen LogP contribution in [0.2, 0.25) is 0 Å². The van der Waals surface area contributed by atoms with Crippen molar-refractivity contribution in [3.63, 3.8) is 0 Å². The van der Waals surface area contributed by atoms with Crippen molar-refractivity contribution in [3.05, 3.63) is 11.4 Å². The molecule has 1 aliphatic carbocycles. The van der Waals surface area contributed by atoms with Crippen LogP contribution in [0.5, 0.6) is 0 Å². The number of hydrogen-bond acceptors (Lipinski definition) is 4. The predicted octanol–water partition coefficient (Wildman–Crippen LogP) is 0.928. The summed E-state index contributed by atoms with van der Waals surface area (Å²) in [5.74, 6) is 0.0968. The Morgan fingerprint density at radius 2 is 2.19 bits per heavy atom. The molecule has 2 atom stereocenters. The van der Waals surface area contributed by atoms with Gasteiger partial charge in [-0.15, -0.1) is 0 Å². The minimum atomic E-state index is -3.99. The van der Waals surface area contributed by atoms with Crippen molar-refractivity contribution >= 4 is 15.9 Å². The quantitative estimate of drug-likeness (QED) is 0.749. The maximum absolute atomic E-state index is 12.3. The normalized spacial score (nSPS) is 22.4. The molecule has 1 aliphatic rings. The van der Waals surface area contributed by atoms with Gasteiger partial charge in [0.25, 0.3) is 5.91 Å². The predicted molar refractivity (Wildman–Crippen MR) is 78.2 cm³/mol. The molecule has 1 amide bonds. The molecule has 0 aliphatic heterocycles. The molecule has 8 heteroatoms. The third-order valence-corrected chi connectivity index (χ3v) is 4.83. The molecular formula is C13H22N4O3S.